The number of nitrogens with one attached hydrogen (secondary N) is 1. The quantitative estimate of drug-likeness (QED) is 0.854. The monoisotopic (exact) mass is 325 g/mol. The van der Waals surface area contributed by atoms with E-state index in [1.54, 1.807) is 6.07 Å². The molecule has 0 spiro atoms. The fourth-order valence-corrected chi connectivity index (χ4v) is 2.26. The van der Waals surface area contributed by atoms with E-state index in [1.165, 1.54) is 0 Å². The Bertz CT molecular complexity index is 620. The third-order valence-electron chi connectivity index (χ3n) is 2.79. The number of hydrogen-bond donors (Lipinski definition) is 1. The molecule has 6 heteroatoms. The molecule has 0 saturated carbocycles. The van der Waals surface area contributed by atoms with Crippen molar-refractivity contribution in [1.82, 2.24) is 9.97 Å². The predicted octanol–water partition coefficient (Wildman–Crippen LogP) is 4.42. The van der Waals surface area contributed by atoms with Crippen LogP contribution in [0.3, 0.4) is 0 Å². The maximum Gasteiger partial charge on any atom is 0.157 e. The summed E-state index contributed by atoms with van der Waals surface area (Å²) in [6, 6.07) is 7.34. The molecule has 0 saturated heterocycles. The number of anilines is 1. The van der Waals surface area contributed by atoms with Crippen LogP contribution in [0.1, 0.15) is 19.7 Å². The third kappa shape index (κ3) is 4.06. The van der Waals surface area contributed by atoms with E-state index >= 15 is 0 Å². The third-order valence-corrected chi connectivity index (χ3v) is 3.61. The SMILES string of the molecule is CCNc1cc(-c2cccc(Cl)c2Cl)nc(COCC)n1. The average molecular weight is 326 g/mol. The molecule has 0 amide bonds. The highest BCUT2D eigenvalue weighted by atomic mass is 35.5. The summed E-state index contributed by atoms with van der Waals surface area (Å²) in [5.41, 5.74) is 1.51. The van der Waals surface area contributed by atoms with Gasteiger partial charge < -0.3 is 10.1 Å². The van der Waals surface area contributed by atoms with E-state index < -0.39 is 0 Å². The number of hydrogen-bond acceptors (Lipinski definition) is 4. The highest BCUT2D eigenvalue weighted by Crippen LogP contribution is 2.33. The van der Waals surface area contributed by atoms with Crippen LogP contribution in [0, 0.1) is 0 Å². The molecule has 0 radical (unpaired) electrons. The molecule has 0 aliphatic heterocycles. The van der Waals surface area contributed by atoms with Gasteiger partial charge in [-0.25, -0.2) is 9.97 Å². The summed E-state index contributed by atoms with van der Waals surface area (Å²) in [5, 5.41) is 4.18. The van der Waals surface area contributed by atoms with Crippen LogP contribution in [0.2, 0.25) is 10.0 Å². The molecule has 2 rings (SSSR count). The van der Waals surface area contributed by atoms with Crippen LogP contribution in [0.5, 0.6) is 0 Å². The normalized spacial score (nSPS) is 10.7. The Balaban J connectivity index is 2.45. The smallest absolute Gasteiger partial charge is 0.157 e. The first-order chi connectivity index (χ1) is 10.2. The van der Waals surface area contributed by atoms with Crippen LogP contribution >= 0.6 is 23.2 Å². The molecular formula is C15H17Cl2N3O. The first-order valence-corrected chi connectivity index (χ1v) is 7.55. The summed E-state index contributed by atoms with van der Waals surface area (Å²) in [6.45, 7) is 5.69. The summed E-state index contributed by atoms with van der Waals surface area (Å²) in [5.74, 6) is 1.36. The molecule has 0 aliphatic rings. The highest BCUT2D eigenvalue weighted by molar-refractivity contribution is 6.43. The van der Waals surface area contributed by atoms with Gasteiger partial charge in [0, 0.05) is 24.8 Å². The van der Waals surface area contributed by atoms with Gasteiger partial charge in [0.2, 0.25) is 0 Å². The Morgan fingerprint density at radius 2 is 2.00 bits per heavy atom. The Labute approximate surface area is 134 Å². The van der Waals surface area contributed by atoms with Crippen LogP contribution in [0.15, 0.2) is 24.3 Å². The minimum absolute atomic E-state index is 0.362. The van der Waals surface area contributed by atoms with E-state index in [9.17, 15) is 0 Å². The van der Waals surface area contributed by atoms with Crippen molar-refractivity contribution in [3.05, 3.63) is 40.1 Å². The summed E-state index contributed by atoms with van der Waals surface area (Å²) in [4.78, 5) is 8.92. The Kier molecular flexibility index (Phi) is 5.79. The maximum absolute atomic E-state index is 6.27. The average Bonchev–Trinajstić information content (AvgIpc) is 2.48. The van der Waals surface area contributed by atoms with E-state index in [4.69, 9.17) is 27.9 Å². The molecule has 2 aromatic rings. The van der Waals surface area contributed by atoms with Gasteiger partial charge in [-0.15, -0.1) is 0 Å². The molecular weight excluding hydrogens is 309 g/mol. The van der Waals surface area contributed by atoms with Crippen LogP contribution in [-0.2, 0) is 11.3 Å². The van der Waals surface area contributed by atoms with Crippen molar-refractivity contribution < 1.29 is 4.74 Å². The lowest BCUT2D eigenvalue weighted by Gasteiger charge is -2.10. The molecule has 1 heterocycles. The molecule has 0 unspecified atom stereocenters. The molecule has 21 heavy (non-hydrogen) atoms. The van der Waals surface area contributed by atoms with Crippen molar-refractivity contribution >= 4 is 29.0 Å². The van der Waals surface area contributed by atoms with Crippen LogP contribution in [0.4, 0.5) is 5.82 Å². The summed E-state index contributed by atoms with van der Waals surface area (Å²) >= 11 is 12.3. The van der Waals surface area contributed by atoms with Gasteiger partial charge in [0.05, 0.1) is 15.7 Å². The lowest BCUT2D eigenvalue weighted by molar-refractivity contribution is 0.128. The minimum Gasteiger partial charge on any atom is -0.374 e. The van der Waals surface area contributed by atoms with Crippen molar-refractivity contribution in [2.75, 3.05) is 18.5 Å². The van der Waals surface area contributed by atoms with Gasteiger partial charge in [-0.05, 0) is 19.9 Å². The second kappa shape index (κ2) is 7.59. The van der Waals surface area contributed by atoms with Crippen molar-refractivity contribution in [2.45, 2.75) is 20.5 Å². The summed E-state index contributed by atoms with van der Waals surface area (Å²) in [7, 11) is 0. The van der Waals surface area contributed by atoms with Crippen molar-refractivity contribution in [2.24, 2.45) is 0 Å². The van der Waals surface area contributed by atoms with Crippen molar-refractivity contribution in [1.29, 1.82) is 0 Å². The van der Waals surface area contributed by atoms with Gasteiger partial charge >= 0.3 is 0 Å². The van der Waals surface area contributed by atoms with Crippen molar-refractivity contribution in [3.63, 3.8) is 0 Å². The number of benzene rings is 1. The van der Waals surface area contributed by atoms with Gasteiger partial charge in [-0.1, -0.05) is 35.3 Å². The first-order valence-electron chi connectivity index (χ1n) is 6.79. The van der Waals surface area contributed by atoms with Crippen molar-refractivity contribution in [3.8, 4) is 11.3 Å². The topological polar surface area (TPSA) is 47.0 Å². The largest absolute Gasteiger partial charge is 0.374 e. The van der Waals surface area contributed by atoms with Gasteiger partial charge in [-0.3, -0.25) is 0 Å². The summed E-state index contributed by atoms with van der Waals surface area (Å²) < 4.78 is 5.39. The number of nitrogens with zero attached hydrogens (tertiary/aromatic N) is 2. The van der Waals surface area contributed by atoms with Crippen LogP contribution < -0.4 is 5.32 Å². The predicted molar refractivity (Wildman–Crippen MR) is 87.0 cm³/mol. The number of rotatable bonds is 6. The molecule has 0 fully saturated rings. The lowest BCUT2D eigenvalue weighted by Crippen LogP contribution is -2.06. The molecule has 0 atom stereocenters. The van der Waals surface area contributed by atoms with E-state index in [2.05, 4.69) is 15.3 Å². The molecule has 112 valence electrons. The molecule has 4 nitrogen and oxygen atoms in total. The van der Waals surface area contributed by atoms with Gasteiger partial charge in [0.15, 0.2) is 5.82 Å². The molecule has 0 bridgehead atoms. The van der Waals surface area contributed by atoms with Gasteiger partial charge in [0.1, 0.15) is 12.4 Å². The van der Waals surface area contributed by atoms with E-state index in [0.717, 1.165) is 23.6 Å². The van der Waals surface area contributed by atoms with E-state index in [0.29, 0.717) is 29.1 Å². The lowest BCUT2D eigenvalue weighted by atomic mass is 10.1. The molecule has 0 aliphatic carbocycles. The van der Waals surface area contributed by atoms with Gasteiger partial charge in [-0.2, -0.15) is 0 Å². The maximum atomic E-state index is 6.27. The van der Waals surface area contributed by atoms with E-state index in [-0.39, 0.29) is 0 Å². The van der Waals surface area contributed by atoms with Gasteiger partial charge in [0.25, 0.3) is 0 Å². The zero-order chi connectivity index (χ0) is 15.2. The second-order valence-electron chi connectivity index (χ2n) is 4.32. The number of halogens is 2. The molecule has 1 aromatic heterocycles. The Morgan fingerprint density at radius 3 is 2.71 bits per heavy atom. The first kappa shape index (κ1) is 16.0. The standard InChI is InChI=1S/C15H17Cl2N3O/c1-3-18-13-8-12(19-14(20-13)9-21-4-2)10-6-5-7-11(16)15(10)17/h5-8H,3-4,9H2,1-2H3,(H,18,19,20). The zero-order valence-electron chi connectivity index (χ0n) is 12.0. The summed E-state index contributed by atoms with van der Waals surface area (Å²) in [6.07, 6.45) is 0. The van der Waals surface area contributed by atoms with Crippen LogP contribution in [0.25, 0.3) is 11.3 Å². The number of ether oxygens (including phenoxy) is 1. The fourth-order valence-electron chi connectivity index (χ4n) is 1.87. The second-order valence-corrected chi connectivity index (χ2v) is 5.11. The fraction of sp³-hybridized carbons (Fsp3) is 0.333. The molecule has 1 aromatic carbocycles. The highest BCUT2D eigenvalue weighted by Gasteiger charge is 2.11. The van der Waals surface area contributed by atoms with E-state index in [1.807, 2.05) is 32.0 Å². The Morgan fingerprint density at radius 1 is 1.19 bits per heavy atom. The molecule has 1 N–H and O–H groups in total. The zero-order valence-corrected chi connectivity index (χ0v) is 13.5. The Hall–Kier alpha value is -1.36. The van der Waals surface area contributed by atoms with Crippen LogP contribution in [-0.4, -0.2) is 23.1 Å². The number of aromatic nitrogens is 2. The minimum atomic E-state index is 0.362.